The van der Waals surface area contributed by atoms with E-state index in [0.717, 1.165) is 25.7 Å². The fraction of sp³-hybridized carbons (Fsp3) is 0.538. The first-order valence-corrected chi connectivity index (χ1v) is 6.73. The number of halogens is 1. The number of hydrogen-bond donors (Lipinski definition) is 0. The third-order valence-electron chi connectivity index (χ3n) is 2.64. The summed E-state index contributed by atoms with van der Waals surface area (Å²) >= 11 is 5.59. The molecule has 0 radical (unpaired) electrons. The topological polar surface area (TPSA) is 61.6 Å². The van der Waals surface area contributed by atoms with E-state index in [9.17, 15) is 10.1 Å². The molecule has 1 rings (SSSR count). The van der Waals surface area contributed by atoms with Crippen LogP contribution in [0.4, 0.5) is 5.69 Å². The first kappa shape index (κ1) is 15.6. The van der Waals surface area contributed by atoms with E-state index in [1.54, 1.807) is 6.07 Å². The lowest BCUT2D eigenvalue weighted by molar-refractivity contribution is -0.384. The van der Waals surface area contributed by atoms with Gasteiger partial charge in [-0.2, -0.15) is 0 Å². The maximum Gasteiger partial charge on any atom is 0.273 e. The monoisotopic (exact) mass is 287 g/mol. The molecule has 0 aliphatic carbocycles. The Morgan fingerprint density at radius 2 is 1.95 bits per heavy atom. The molecule has 0 aromatic heterocycles. The molecular formula is C13H18ClNO4. The number of methoxy groups -OCH3 is 1. The Morgan fingerprint density at radius 1 is 1.21 bits per heavy atom. The normalized spacial score (nSPS) is 10.2. The smallest absolute Gasteiger partial charge is 0.273 e. The summed E-state index contributed by atoms with van der Waals surface area (Å²) in [6.07, 6.45) is 4.09. The standard InChI is InChI=1S/C13H18ClNO4/c1-18-13-10-11(15(16)17)6-7-12(13)19-9-5-3-2-4-8-14/h6-7,10H,2-5,8-9H2,1H3. The number of unbranched alkanes of at least 4 members (excludes halogenated alkanes) is 3. The summed E-state index contributed by atoms with van der Waals surface area (Å²) in [6, 6.07) is 4.34. The second kappa shape index (κ2) is 8.58. The summed E-state index contributed by atoms with van der Waals surface area (Å²) < 4.78 is 10.6. The van der Waals surface area contributed by atoms with Crippen LogP contribution < -0.4 is 9.47 Å². The van der Waals surface area contributed by atoms with Gasteiger partial charge in [0.25, 0.3) is 5.69 Å². The van der Waals surface area contributed by atoms with Gasteiger partial charge in [-0.05, 0) is 18.9 Å². The maximum absolute atomic E-state index is 10.6. The number of alkyl halides is 1. The van der Waals surface area contributed by atoms with Crippen molar-refractivity contribution in [2.24, 2.45) is 0 Å². The predicted octanol–water partition coefficient (Wildman–Crippen LogP) is 3.78. The van der Waals surface area contributed by atoms with E-state index in [2.05, 4.69) is 0 Å². The van der Waals surface area contributed by atoms with Crippen LogP contribution in [0.5, 0.6) is 11.5 Å². The van der Waals surface area contributed by atoms with Crippen molar-refractivity contribution in [2.45, 2.75) is 25.7 Å². The first-order valence-electron chi connectivity index (χ1n) is 6.20. The molecule has 0 spiro atoms. The summed E-state index contributed by atoms with van der Waals surface area (Å²) in [7, 11) is 1.46. The molecule has 0 aliphatic heterocycles. The Balaban J connectivity index is 2.47. The minimum atomic E-state index is -0.460. The largest absolute Gasteiger partial charge is 0.493 e. The molecule has 0 saturated heterocycles. The zero-order valence-corrected chi connectivity index (χ0v) is 11.7. The number of ether oxygens (including phenoxy) is 2. The van der Waals surface area contributed by atoms with Gasteiger partial charge in [0.15, 0.2) is 11.5 Å². The molecule has 0 N–H and O–H groups in total. The number of hydrogen-bond acceptors (Lipinski definition) is 4. The van der Waals surface area contributed by atoms with E-state index in [-0.39, 0.29) is 5.69 Å². The third kappa shape index (κ3) is 5.34. The highest BCUT2D eigenvalue weighted by molar-refractivity contribution is 6.17. The van der Waals surface area contributed by atoms with Crippen LogP contribution in [0.2, 0.25) is 0 Å². The summed E-state index contributed by atoms with van der Waals surface area (Å²) in [6.45, 7) is 0.566. The zero-order chi connectivity index (χ0) is 14.1. The van der Waals surface area contributed by atoms with E-state index in [1.807, 2.05) is 0 Å². The van der Waals surface area contributed by atoms with Gasteiger partial charge in [-0.25, -0.2) is 0 Å². The number of rotatable bonds is 9. The van der Waals surface area contributed by atoms with Gasteiger partial charge in [0, 0.05) is 11.9 Å². The molecule has 0 amide bonds. The van der Waals surface area contributed by atoms with Crippen LogP contribution in [0.25, 0.3) is 0 Å². The molecule has 1 aromatic carbocycles. The van der Waals surface area contributed by atoms with E-state index in [1.165, 1.54) is 19.2 Å². The van der Waals surface area contributed by atoms with E-state index >= 15 is 0 Å². The number of nitro benzene ring substituents is 1. The number of non-ortho nitro benzene ring substituents is 1. The van der Waals surface area contributed by atoms with E-state index < -0.39 is 4.92 Å². The lowest BCUT2D eigenvalue weighted by Gasteiger charge is -2.10. The van der Waals surface area contributed by atoms with Gasteiger partial charge in [-0.1, -0.05) is 12.8 Å². The van der Waals surface area contributed by atoms with E-state index in [0.29, 0.717) is 24.0 Å². The summed E-state index contributed by atoms with van der Waals surface area (Å²) in [5, 5.41) is 10.6. The Kier molecular flexibility index (Phi) is 7.03. The van der Waals surface area contributed by atoms with E-state index in [4.69, 9.17) is 21.1 Å². The fourth-order valence-corrected chi connectivity index (χ4v) is 1.81. The molecular weight excluding hydrogens is 270 g/mol. The Hall–Kier alpha value is -1.49. The van der Waals surface area contributed by atoms with Crippen molar-refractivity contribution in [1.29, 1.82) is 0 Å². The highest BCUT2D eigenvalue weighted by atomic mass is 35.5. The molecule has 0 saturated carbocycles. The average Bonchev–Trinajstić information content (AvgIpc) is 2.42. The molecule has 5 nitrogen and oxygen atoms in total. The molecule has 6 heteroatoms. The van der Waals surface area contributed by atoms with Crippen molar-refractivity contribution in [1.82, 2.24) is 0 Å². The minimum absolute atomic E-state index is 0.00804. The van der Waals surface area contributed by atoms with Crippen molar-refractivity contribution >= 4 is 17.3 Å². The summed E-state index contributed by atoms with van der Waals surface area (Å²) in [4.78, 5) is 10.2. The number of benzene rings is 1. The molecule has 0 fully saturated rings. The Labute approximate surface area is 117 Å². The van der Waals surface area contributed by atoms with Crippen molar-refractivity contribution < 1.29 is 14.4 Å². The second-order valence-electron chi connectivity index (χ2n) is 4.04. The Bertz CT molecular complexity index is 412. The van der Waals surface area contributed by atoms with Crippen molar-refractivity contribution in [3.8, 4) is 11.5 Å². The van der Waals surface area contributed by atoms with Crippen LogP contribution >= 0.6 is 11.6 Å². The van der Waals surface area contributed by atoms with Gasteiger partial charge in [0.05, 0.1) is 24.7 Å². The summed E-state index contributed by atoms with van der Waals surface area (Å²) in [5.41, 5.74) is -0.00804. The van der Waals surface area contributed by atoms with Crippen LogP contribution in [0.15, 0.2) is 18.2 Å². The lowest BCUT2D eigenvalue weighted by atomic mass is 10.2. The number of nitro groups is 1. The van der Waals surface area contributed by atoms with Gasteiger partial charge >= 0.3 is 0 Å². The molecule has 0 aliphatic rings. The number of nitrogens with zero attached hydrogens (tertiary/aromatic N) is 1. The zero-order valence-electron chi connectivity index (χ0n) is 10.9. The van der Waals surface area contributed by atoms with Crippen molar-refractivity contribution in [2.75, 3.05) is 19.6 Å². The highest BCUT2D eigenvalue weighted by Crippen LogP contribution is 2.31. The molecule has 0 unspecified atom stereocenters. The lowest BCUT2D eigenvalue weighted by Crippen LogP contribution is -2.00. The quantitative estimate of drug-likeness (QED) is 0.300. The SMILES string of the molecule is COc1cc([N+](=O)[O-])ccc1OCCCCCCCl. The molecule has 106 valence electrons. The van der Waals surface area contributed by atoms with Crippen LogP contribution in [0.1, 0.15) is 25.7 Å². The third-order valence-corrected chi connectivity index (χ3v) is 2.91. The van der Waals surface area contributed by atoms with Gasteiger partial charge < -0.3 is 9.47 Å². The van der Waals surface area contributed by atoms with Gasteiger partial charge in [-0.15, -0.1) is 11.6 Å². The fourth-order valence-electron chi connectivity index (χ4n) is 1.62. The molecule has 19 heavy (non-hydrogen) atoms. The minimum Gasteiger partial charge on any atom is -0.493 e. The van der Waals surface area contributed by atoms with Crippen LogP contribution in [0, 0.1) is 10.1 Å². The van der Waals surface area contributed by atoms with Gasteiger partial charge in [-0.3, -0.25) is 10.1 Å². The van der Waals surface area contributed by atoms with Crippen molar-refractivity contribution in [3.05, 3.63) is 28.3 Å². The molecule has 0 bridgehead atoms. The summed E-state index contributed by atoms with van der Waals surface area (Å²) in [5.74, 6) is 1.61. The van der Waals surface area contributed by atoms with Gasteiger partial charge in [0.2, 0.25) is 0 Å². The molecule has 0 heterocycles. The Morgan fingerprint density at radius 3 is 2.58 bits per heavy atom. The van der Waals surface area contributed by atoms with Crippen LogP contribution in [-0.4, -0.2) is 24.5 Å². The van der Waals surface area contributed by atoms with Crippen LogP contribution in [0.3, 0.4) is 0 Å². The molecule has 0 atom stereocenters. The highest BCUT2D eigenvalue weighted by Gasteiger charge is 2.11. The predicted molar refractivity (Wildman–Crippen MR) is 74.3 cm³/mol. The molecule has 1 aromatic rings. The maximum atomic E-state index is 10.6. The van der Waals surface area contributed by atoms with Crippen molar-refractivity contribution in [3.63, 3.8) is 0 Å². The average molecular weight is 288 g/mol. The van der Waals surface area contributed by atoms with Crippen LogP contribution in [-0.2, 0) is 0 Å². The first-order chi connectivity index (χ1) is 9.19. The second-order valence-corrected chi connectivity index (χ2v) is 4.42. The van der Waals surface area contributed by atoms with Gasteiger partial charge in [0.1, 0.15) is 0 Å².